The normalized spacial score (nSPS) is 25.9. The molecule has 0 bridgehead atoms. The molecular formula is C16H25NO2. The molecule has 0 saturated heterocycles. The number of anilines is 1. The summed E-state index contributed by atoms with van der Waals surface area (Å²) in [5, 5.41) is 0. The van der Waals surface area contributed by atoms with Crippen molar-refractivity contribution in [2.24, 2.45) is 11.3 Å². The Bertz CT molecular complexity index is 442. The molecule has 2 atom stereocenters. The average Bonchev–Trinajstić information content (AvgIpc) is 2.24. The van der Waals surface area contributed by atoms with E-state index in [1.807, 2.05) is 12.1 Å². The Balaban J connectivity index is 2.10. The second-order valence-corrected chi connectivity index (χ2v) is 6.60. The van der Waals surface area contributed by atoms with Crippen LogP contribution in [0, 0.1) is 11.3 Å². The van der Waals surface area contributed by atoms with E-state index >= 15 is 0 Å². The van der Waals surface area contributed by atoms with E-state index in [1.165, 1.54) is 6.42 Å². The van der Waals surface area contributed by atoms with Crippen LogP contribution in [0.2, 0.25) is 0 Å². The molecule has 0 aliphatic heterocycles. The zero-order chi connectivity index (χ0) is 14.0. The number of hydrogen-bond acceptors (Lipinski definition) is 3. The van der Waals surface area contributed by atoms with E-state index in [9.17, 15) is 0 Å². The third-order valence-electron chi connectivity index (χ3n) is 3.79. The fraction of sp³-hybridized carbons (Fsp3) is 0.625. The van der Waals surface area contributed by atoms with Crippen molar-refractivity contribution in [3.05, 3.63) is 18.2 Å². The summed E-state index contributed by atoms with van der Waals surface area (Å²) < 4.78 is 11.4. The van der Waals surface area contributed by atoms with E-state index in [-0.39, 0.29) is 6.10 Å². The molecule has 19 heavy (non-hydrogen) atoms. The van der Waals surface area contributed by atoms with Crippen molar-refractivity contribution < 1.29 is 9.47 Å². The van der Waals surface area contributed by atoms with Crippen molar-refractivity contribution in [2.45, 2.75) is 46.1 Å². The van der Waals surface area contributed by atoms with Crippen LogP contribution in [-0.4, -0.2) is 13.2 Å². The minimum atomic E-state index is 0.269. The summed E-state index contributed by atoms with van der Waals surface area (Å²) in [4.78, 5) is 0. The number of nitrogen functional groups attached to an aromatic ring is 1. The van der Waals surface area contributed by atoms with Gasteiger partial charge in [0.2, 0.25) is 0 Å². The van der Waals surface area contributed by atoms with Crippen LogP contribution in [0.15, 0.2) is 18.2 Å². The predicted molar refractivity (Wildman–Crippen MR) is 78.6 cm³/mol. The molecule has 1 aliphatic rings. The number of hydrogen-bond donors (Lipinski definition) is 1. The van der Waals surface area contributed by atoms with Gasteiger partial charge in [-0.05, 0) is 30.6 Å². The molecule has 1 fully saturated rings. The number of ether oxygens (including phenoxy) is 2. The van der Waals surface area contributed by atoms with Gasteiger partial charge in [-0.25, -0.2) is 0 Å². The Kier molecular flexibility index (Phi) is 3.93. The van der Waals surface area contributed by atoms with Crippen LogP contribution in [0.25, 0.3) is 0 Å². The maximum atomic E-state index is 6.12. The van der Waals surface area contributed by atoms with Gasteiger partial charge in [-0.3, -0.25) is 0 Å². The molecule has 0 heterocycles. The van der Waals surface area contributed by atoms with Gasteiger partial charge in [-0.2, -0.15) is 0 Å². The van der Waals surface area contributed by atoms with Gasteiger partial charge in [0.25, 0.3) is 0 Å². The Morgan fingerprint density at radius 2 is 1.84 bits per heavy atom. The quantitative estimate of drug-likeness (QED) is 0.842. The van der Waals surface area contributed by atoms with Gasteiger partial charge in [0.1, 0.15) is 11.5 Å². The van der Waals surface area contributed by atoms with Crippen LogP contribution in [-0.2, 0) is 0 Å². The van der Waals surface area contributed by atoms with Crippen LogP contribution < -0.4 is 15.2 Å². The number of benzene rings is 1. The number of nitrogens with two attached hydrogens (primary N) is 1. The molecule has 0 amide bonds. The van der Waals surface area contributed by atoms with Crippen LogP contribution >= 0.6 is 0 Å². The fourth-order valence-corrected chi connectivity index (χ4v) is 3.32. The highest BCUT2D eigenvalue weighted by Crippen LogP contribution is 2.40. The van der Waals surface area contributed by atoms with Gasteiger partial charge in [0, 0.05) is 23.9 Å². The summed E-state index contributed by atoms with van der Waals surface area (Å²) in [5.41, 5.74) is 6.89. The predicted octanol–water partition coefficient (Wildman–Crippen LogP) is 3.87. The topological polar surface area (TPSA) is 44.5 Å². The lowest BCUT2D eigenvalue weighted by Crippen LogP contribution is -2.34. The van der Waals surface area contributed by atoms with Crippen molar-refractivity contribution in [3.8, 4) is 11.5 Å². The highest BCUT2D eigenvalue weighted by Gasteiger charge is 2.33. The fourth-order valence-electron chi connectivity index (χ4n) is 3.32. The van der Waals surface area contributed by atoms with Crippen LogP contribution in [0.3, 0.4) is 0 Å². The van der Waals surface area contributed by atoms with Gasteiger partial charge >= 0.3 is 0 Å². The molecule has 1 aromatic carbocycles. The highest BCUT2D eigenvalue weighted by atomic mass is 16.5. The smallest absolute Gasteiger partial charge is 0.125 e. The minimum Gasteiger partial charge on any atom is -0.497 e. The van der Waals surface area contributed by atoms with Crippen LogP contribution in [0.1, 0.15) is 40.0 Å². The standard InChI is InChI=1S/C16H25NO2/c1-11-5-15(10-16(2,3)9-11)19-14-7-12(17)6-13(8-14)18-4/h6-8,11,15H,5,9-10,17H2,1-4H3. The van der Waals surface area contributed by atoms with Crippen LogP contribution in [0.4, 0.5) is 5.69 Å². The van der Waals surface area contributed by atoms with Gasteiger partial charge in [0.15, 0.2) is 0 Å². The molecule has 0 aromatic heterocycles. The van der Waals surface area contributed by atoms with E-state index in [2.05, 4.69) is 20.8 Å². The van der Waals surface area contributed by atoms with Crippen LogP contribution in [0.5, 0.6) is 11.5 Å². The Hall–Kier alpha value is -1.38. The molecule has 106 valence electrons. The van der Waals surface area contributed by atoms with Crippen molar-refractivity contribution in [1.29, 1.82) is 0 Å². The Morgan fingerprint density at radius 3 is 2.47 bits per heavy atom. The molecule has 1 aliphatic carbocycles. The summed E-state index contributed by atoms with van der Waals surface area (Å²) in [6.07, 6.45) is 3.74. The van der Waals surface area contributed by atoms with Crippen molar-refractivity contribution in [1.82, 2.24) is 0 Å². The molecular weight excluding hydrogens is 238 g/mol. The van der Waals surface area contributed by atoms with E-state index in [0.29, 0.717) is 17.0 Å². The molecule has 2 rings (SSSR count). The minimum absolute atomic E-state index is 0.269. The molecule has 2 N–H and O–H groups in total. The van der Waals surface area contributed by atoms with E-state index in [0.717, 1.165) is 24.3 Å². The Labute approximate surface area is 116 Å². The lowest BCUT2D eigenvalue weighted by molar-refractivity contribution is 0.0562. The van der Waals surface area contributed by atoms with Gasteiger partial charge in [0.05, 0.1) is 13.2 Å². The highest BCUT2D eigenvalue weighted by molar-refractivity contribution is 5.50. The molecule has 0 spiro atoms. The summed E-state index contributed by atoms with van der Waals surface area (Å²) >= 11 is 0. The zero-order valence-corrected chi connectivity index (χ0v) is 12.4. The zero-order valence-electron chi connectivity index (χ0n) is 12.4. The summed E-state index contributed by atoms with van der Waals surface area (Å²) in [6.45, 7) is 6.94. The molecule has 1 saturated carbocycles. The molecule has 3 nitrogen and oxygen atoms in total. The van der Waals surface area contributed by atoms with Crippen molar-refractivity contribution in [2.75, 3.05) is 12.8 Å². The lowest BCUT2D eigenvalue weighted by Gasteiger charge is -2.38. The first kappa shape index (κ1) is 14.0. The van der Waals surface area contributed by atoms with E-state index in [1.54, 1.807) is 13.2 Å². The molecule has 3 heteroatoms. The van der Waals surface area contributed by atoms with Crippen molar-refractivity contribution in [3.63, 3.8) is 0 Å². The first-order chi connectivity index (χ1) is 8.88. The number of rotatable bonds is 3. The third kappa shape index (κ3) is 3.79. The second kappa shape index (κ2) is 5.32. The first-order valence-corrected chi connectivity index (χ1v) is 6.99. The van der Waals surface area contributed by atoms with E-state index < -0.39 is 0 Å². The van der Waals surface area contributed by atoms with Gasteiger partial charge in [-0.1, -0.05) is 20.8 Å². The molecule has 1 aromatic rings. The number of methoxy groups -OCH3 is 1. The largest absolute Gasteiger partial charge is 0.497 e. The average molecular weight is 263 g/mol. The first-order valence-electron chi connectivity index (χ1n) is 6.99. The Morgan fingerprint density at radius 1 is 1.16 bits per heavy atom. The summed E-state index contributed by atoms with van der Waals surface area (Å²) in [7, 11) is 1.64. The van der Waals surface area contributed by atoms with Gasteiger partial charge < -0.3 is 15.2 Å². The second-order valence-electron chi connectivity index (χ2n) is 6.60. The summed E-state index contributed by atoms with van der Waals surface area (Å²) in [6, 6.07) is 5.58. The SMILES string of the molecule is COc1cc(N)cc(OC2CC(C)CC(C)(C)C2)c1. The van der Waals surface area contributed by atoms with Crippen molar-refractivity contribution >= 4 is 5.69 Å². The van der Waals surface area contributed by atoms with Gasteiger partial charge in [-0.15, -0.1) is 0 Å². The third-order valence-corrected chi connectivity index (χ3v) is 3.79. The monoisotopic (exact) mass is 263 g/mol. The maximum absolute atomic E-state index is 6.12. The van der Waals surface area contributed by atoms with E-state index in [4.69, 9.17) is 15.2 Å². The molecule has 2 unspecified atom stereocenters. The molecule has 0 radical (unpaired) electrons. The summed E-state index contributed by atoms with van der Waals surface area (Å²) in [5.74, 6) is 2.27. The lowest BCUT2D eigenvalue weighted by atomic mass is 9.71. The maximum Gasteiger partial charge on any atom is 0.125 e.